The number of methoxy groups -OCH3 is 1. The van der Waals surface area contributed by atoms with E-state index < -0.39 is 5.54 Å². The number of amides is 1. The quantitative estimate of drug-likeness (QED) is 0.683. The Bertz CT molecular complexity index is 434. The molecule has 0 aliphatic rings. The second-order valence-corrected chi connectivity index (χ2v) is 5.32. The molecule has 0 spiro atoms. The average Bonchev–Trinajstić information content (AvgIpc) is 2.37. The van der Waals surface area contributed by atoms with Gasteiger partial charge in [0.25, 0.3) is 0 Å². The van der Waals surface area contributed by atoms with E-state index in [0.717, 1.165) is 0 Å². The number of rotatable bonds is 8. The van der Waals surface area contributed by atoms with Crippen LogP contribution in [0.4, 0.5) is 5.69 Å². The molecule has 1 aromatic rings. The number of anilines is 1. The Morgan fingerprint density at radius 3 is 2.85 bits per heavy atom. The van der Waals surface area contributed by atoms with E-state index in [2.05, 4.69) is 10.6 Å². The zero-order valence-electron chi connectivity index (χ0n) is 11.8. The average molecular weight is 301 g/mol. The fourth-order valence-corrected chi connectivity index (χ4v) is 2.03. The van der Waals surface area contributed by atoms with Crippen LogP contribution in [0.1, 0.15) is 13.3 Å². The van der Waals surface area contributed by atoms with Crippen LogP contribution in [0.15, 0.2) is 24.3 Å². The summed E-state index contributed by atoms with van der Waals surface area (Å²) >= 11 is 5.85. The molecule has 1 rings (SSSR count). The Balaban J connectivity index is 2.49. The number of aliphatic hydroxyl groups is 1. The monoisotopic (exact) mass is 300 g/mol. The third-order valence-corrected chi connectivity index (χ3v) is 3.15. The summed E-state index contributed by atoms with van der Waals surface area (Å²) < 4.78 is 5.10. The van der Waals surface area contributed by atoms with Gasteiger partial charge < -0.3 is 20.5 Å². The van der Waals surface area contributed by atoms with Crippen LogP contribution in [0.25, 0.3) is 0 Å². The van der Waals surface area contributed by atoms with Crippen LogP contribution in [-0.4, -0.2) is 43.4 Å². The van der Waals surface area contributed by atoms with Gasteiger partial charge in [-0.1, -0.05) is 17.7 Å². The molecule has 1 amide bonds. The molecule has 112 valence electrons. The fraction of sp³-hybridized carbons (Fsp3) is 0.500. The Morgan fingerprint density at radius 1 is 1.50 bits per heavy atom. The molecule has 0 bridgehead atoms. The Morgan fingerprint density at radius 2 is 2.25 bits per heavy atom. The Labute approximate surface area is 124 Å². The molecule has 3 N–H and O–H groups in total. The van der Waals surface area contributed by atoms with E-state index in [1.807, 2.05) is 6.92 Å². The van der Waals surface area contributed by atoms with Crippen LogP contribution in [0.2, 0.25) is 5.02 Å². The van der Waals surface area contributed by atoms with Gasteiger partial charge in [0.1, 0.15) is 0 Å². The molecule has 6 heteroatoms. The SMILES string of the molecule is COCC(C)(CCO)NCC(=O)Nc1cccc(Cl)c1. The van der Waals surface area contributed by atoms with Crippen molar-refractivity contribution in [3.8, 4) is 0 Å². The van der Waals surface area contributed by atoms with Gasteiger partial charge in [-0.05, 0) is 31.5 Å². The highest BCUT2D eigenvalue weighted by molar-refractivity contribution is 6.30. The minimum atomic E-state index is -0.435. The highest BCUT2D eigenvalue weighted by Crippen LogP contribution is 2.15. The van der Waals surface area contributed by atoms with Crippen molar-refractivity contribution >= 4 is 23.2 Å². The maximum absolute atomic E-state index is 11.9. The Hall–Kier alpha value is -1.14. The number of aliphatic hydroxyl groups excluding tert-OH is 1. The van der Waals surface area contributed by atoms with Crippen LogP contribution in [-0.2, 0) is 9.53 Å². The van der Waals surface area contributed by atoms with Gasteiger partial charge in [0.2, 0.25) is 5.91 Å². The van der Waals surface area contributed by atoms with Gasteiger partial charge in [-0.25, -0.2) is 0 Å². The number of carbonyl (C=O) groups excluding carboxylic acids is 1. The highest BCUT2D eigenvalue weighted by atomic mass is 35.5. The van der Waals surface area contributed by atoms with Crippen LogP contribution < -0.4 is 10.6 Å². The molecule has 1 aromatic carbocycles. The van der Waals surface area contributed by atoms with Crippen molar-refractivity contribution in [1.82, 2.24) is 5.32 Å². The van der Waals surface area contributed by atoms with Crippen LogP contribution in [0.3, 0.4) is 0 Å². The minimum Gasteiger partial charge on any atom is -0.396 e. The smallest absolute Gasteiger partial charge is 0.238 e. The molecule has 0 fully saturated rings. The molecule has 5 nitrogen and oxygen atoms in total. The van der Waals surface area contributed by atoms with Gasteiger partial charge in [-0.3, -0.25) is 4.79 Å². The number of carbonyl (C=O) groups is 1. The molecule has 0 saturated carbocycles. The van der Waals surface area contributed by atoms with Crippen molar-refractivity contribution in [2.24, 2.45) is 0 Å². The first-order valence-corrected chi connectivity index (χ1v) is 6.77. The van der Waals surface area contributed by atoms with E-state index in [1.165, 1.54) is 0 Å². The van der Waals surface area contributed by atoms with Gasteiger partial charge in [0.15, 0.2) is 0 Å². The van der Waals surface area contributed by atoms with Gasteiger partial charge in [-0.2, -0.15) is 0 Å². The first-order chi connectivity index (χ1) is 9.49. The van der Waals surface area contributed by atoms with Gasteiger partial charge in [-0.15, -0.1) is 0 Å². The molecule has 0 aliphatic carbocycles. The lowest BCUT2D eigenvalue weighted by Gasteiger charge is -2.29. The highest BCUT2D eigenvalue weighted by Gasteiger charge is 2.23. The summed E-state index contributed by atoms with van der Waals surface area (Å²) in [6, 6.07) is 6.96. The minimum absolute atomic E-state index is 0.0305. The normalized spacial score (nSPS) is 13.8. The van der Waals surface area contributed by atoms with E-state index in [-0.39, 0.29) is 19.1 Å². The van der Waals surface area contributed by atoms with Crippen molar-refractivity contribution in [2.45, 2.75) is 18.9 Å². The molecule has 1 atom stereocenters. The molecule has 20 heavy (non-hydrogen) atoms. The van der Waals surface area contributed by atoms with E-state index in [4.69, 9.17) is 21.4 Å². The topological polar surface area (TPSA) is 70.6 Å². The van der Waals surface area contributed by atoms with Gasteiger partial charge >= 0.3 is 0 Å². The maximum atomic E-state index is 11.9. The lowest BCUT2D eigenvalue weighted by atomic mass is 9.99. The van der Waals surface area contributed by atoms with Crippen molar-refractivity contribution in [1.29, 1.82) is 0 Å². The lowest BCUT2D eigenvalue weighted by Crippen LogP contribution is -2.49. The van der Waals surface area contributed by atoms with Crippen LogP contribution in [0.5, 0.6) is 0 Å². The summed E-state index contributed by atoms with van der Waals surface area (Å²) in [6.07, 6.45) is 0.505. The number of halogens is 1. The summed E-state index contributed by atoms with van der Waals surface area (Å²) in [5, 5.41) is 15.5. The summed E-state index contributed by atoms with van der Waals surface area (Å²) in [4.78, 5) is 11.9. The van der Waals surface area contributed by atoms with Crippen LogP contribution >= 0.6 is 11.6 Å². The second kappa shape index (κ2) is 8.21. The third kappa shape index (κ3) is 5.88. The van der Waals surface area contributed by atoms with Crippen molar-refractivity contribution < 1.29 is 14.6 Å². The third-order valence-electron chi connectivity index (χ3n) is 2.91. The lowest BCUT2D eigenvalue weighted by molar-refractivity contribution is -0.115. The van der Waals surface area contributed by atoms with Gasteiger partial charge in [0.05, 0.1) is 13.2 Å². The molecule has 0 heterocycles. The predicted molar refractivity (Wildman–Crippen MR) is 80.1 cm³/mol. The molecule has 0 aliphatic heterocycles. The van der Waals surface area contributed by atoms with Crippen LogP contribution in [0, 0.1) is 0 Å². The molecular formula is C14H21ClN2O3. The zero-order chi connectivity index (χ0) is 15.0. The van der Waals surface area contributed by atoms with Crippen molar-refractivity contribution in [3.05, 3.63) is 29.3 Å². The maximum Gasteiger partial charge on any atom is 0.238 e. The molecule has 0 radical (unpaired) electrons. The van der Waals surface area contributed by atoms with Gasteiger partial charge in [0, 0.05) is 30.0 Å². The number of nitrogens with one attached hydrogen (secondary N) is 2. The molecule has 1 unspecified atom stereocenters. The summed E-state index contributed by atoms with van der Waals surface area (Å²) in [5.74, 6) is -0.174. The van der Waals surface area contributed by atoms with Crippen molar-refractivity contribution in [2.75, 3.05) is 32.2 Å². The first kappa shape index (κ1) is 16.9. The Kier molecular flexibility index (Phi) is 6.95. The number of hydrogen-bond donors (Lipinski definition) is 3. The number of hydrogen-bond acceptors (Lipinski definition) is 4. The predicted octanol–water partition coefficient (Wildman–Crippen LogP) is 1.66. The molecule has 0 aromatic heterocycles. The van der Waals surface area contributed by atoms with E-state index in [0.29, 0.717) is 23.7 Å². The fourth-order valence-electron chi connectivity index (χ4n) is 1.84. The number of ether oxygens (including phenoxy) is 1. The molecule has 0 saturated heterocycles. The van der Waals surface area contributed by atoms with E-state index in [9.17, 15) is 4.79 Å². The van der Waals surface area contributed by atoms with E-state index in [1.54, 1.807) is 31.4 Å². The molecular weight excluding hydrogens is 280 g/mol. The van der Waals surface area contributed by atoms with Crippen molar-refractivity contribution in [3.63, 3.8) is 0 Å². The summed E-state index contributed by atoms with van der Waals surface area (Å²) in [5.41, 5.74) is 0.217. The standard InChI is InChI=1S/C14H21ClN2O3/c1-14(6-7-18,10-20-2)16-9-13(19)17-12-5-3-4-11(15)8-12/h3-5,8,16,18H,6-7,9-10H2,1-2H3,(H,17,19). The largest absolute Gasteiger partial charge is 0.396 e. The first-order valence-electron chi connectivity index (χ1n) is 6.39. The zero-order valence-corrected chi connectivity index (χ0v) is 12.5. The number of benzene rings is 1. The summed E-state index contributed by atoms with van der Waals surface area (Å²) in [7, 11) is 1.59. The second-order valence-electron chi connectivity index (χ2n) is 4.88. The summed E-state index contributed by atoms with van der Waals surface area (Å²) in [6.45, 7) is 2.48. The van der Waals surface area contributed by atoms with E-state index >= 15 is 0 Å².